The molecule has 0 fully saturated rings. The number of aromatic nitrogens is 1. The van der Waals surface area contributed by atoms with Gasteiger partial charge in [-0.3, -0.25) is 4.79 Å². The summed E-state index contributed by atoms with van der Waals surface area (Å²) in [5, 5.41) is 15.4. The van der Waals surface area contributed by atoms with E-state index >= 15 is 0 Å². The van der Waals surface area contributed by atoms with Gasteiger partial charge < -0.3 is 15.0 Å². The van der Waals surface area contributed by atoms with Gasteiger partial charge in [0.15, 0.2) is 0 Å². The van der Waals surface area contributed by atoms with Crippen molar-refractivity contribution in [3.8, 4) is 11.1 Å². The molecule has 6 aromatic rings. The molecule has 0 aliphatic carbocycles. The standard InChI is InChI=1S/C34H25FN2O3/c35-30-13-11-25(12-14-30)29-18-28-15-16-37(21-23-7-8-24-3-1-2-4-27(24)17-23)32(28)31(19-29)33(38)36-20-22-5-9-26(10-6-22)34(39)40/h1-19H,20-21H2,(H,36,38)(H,39,40). The molecule has 0 radical (unpaired) electrons. The van der Waals surface area contributed by atoms with E-state index < -0.39 is 5.97 Å². The lowest BCUT2D eigenvalue weighted by molar-refractivity contribution is 0.0696. The Kier molecular flexibility index (Phi) is 6.58. The zero-order chi connectivity index (χ0) is 27.6. The van der Waals surface area contributed by atoms with Gasteiger partial charge in [0.25, 0.3) is 5.91 Å². The summed E-state index contributed by atoms with van der Waals surface area (Å²) in [6.07, 6.45) is 1.98. The lowest BCUT2D eigenvalue weighted by Crippen LogP contribution is -2.23. The topological polar surface area (TPSA) is 71.3 Å². The number of carboxylic acid groups (broad SMARTS) is 1. The van der Waals surface area contributed by atoms with Crippen molar-refractivity contribution in [3.63, 3.8) is 0 Å². The third kappa shape index (κ3) is 5.07. The summed E-state index contributed by atoms with van der Waals surface area (Å²) < 4.78 is 15.7. The Morgan fingerprint density at radius 1 is 0.725 bits per heavy atom. The van der Waals surface area contributed by atoms with Crippen molar-refractivity contribution in [1.82, 2.24) is 9.88 Å². The summed E-state index contributed by atoms with van der Waals surface area (Å²) in [5.41, 5.74) is 5.02. The normalized spacial score (nSPS) is 11.1. The Bertz CT molecular complexity index is 1870. The zero-order valence-electron chi connectivity index (χ0n) is 21.5. The van der Waals surface area contributed by atoms with Crippen LogP contribution >= 0.6 is 0 Å². The number of carboxylic acids is 1. The molecule has 0 aliphatic rings. The summed E-state index contributed by atoms with van der Waals surface area (Å²) in [5.74, 6) is -1.57. The number of carbonyl (C=O) groups is 2. The molecule has 0 unspecified atom stereocenters. The van der Waals surface area contributed by atoms with Crippen LogP contribution in [-0.4, -0.2) is 21.6 Å². The maximum Gasteiger partial charge on any atom is 0.335 e. The minimum absolute atomic E-state index is 0.190. The monoisotopic (exact) mass is 528 g/mol. The largest absolute Gasteiger partial charge is 0.478 e. The van der Waals surface area contributed by atoms with Crippen LogP contribution in [0.5, 0.6) is 0 Å². The van der Waals surface area contributed by atoms with Gasteiger partial charge in [0.1, 0.15) is 5.82 Å². The fraction of sp³-hybridized carbons (Fsp3) is 0.0588. The van der Waals surface area contributed by atoms with Crippen LogP contribution in [0.2, 0.25) is 0 Å². The second-order valence-corrected chi connectivity index (χ2v) is 9.78. The Balaban J connectivity index is 1.37. The average Bonchev–Trinajstić information content (AvgIpc) is 3.38. The van der Waals surface area contributed by atoms with E-state index in [0.29, 0.717) is 12.1 Å². The summed E-state index contributed by atoms with van der Waals surface area (Å²) in [6.45, 7) is 0.827. The number of nitrogens with one attached hydrogen (secondary N) is 1. The molecule has 0 bridgehead atoms. The fourth-order valence-corrected chi connectivity index (χ4v) is 5.04. The highest BCUT2D eigenvalue weighted by molar-refractivity contribution is 6.08. The molecule has 1 aromatic heterocycles. The van der Waals surface area contributed by atoms with Gasteiger partial charge in [-0.1, -0.05) is 60.7 Å². The first-order valence-electron chi connectivity index (χ1n) is 12.9. The number of aromatic carboxylic acids is 1. The van der Waals surface area contributed by atoms with Crippen molar-refractivity contribution < 1.29 is 19.1 Å². The van der Waals surface area contributed by atoms with E-state index in [1.807, 2.05) is 36.5 Å². The third-order valence-electron chi connectivity index (χ3n) is 7.10. The SMILES string of the molecule is O=C(O)c1ccc(CNC(=O)c2cc(-c3ccc(F)cc3)cc3ccn(Cc4ccc5ccccc5c4)c23)cc1. The molecule has 6 rings (SSSR count). The smallest absolute Gasteiger partial charge is 0.335 e. The molecule has 0 aliphatic heterocycles. The number of fused-ring (bicyclic) bond motifs is 2. The maximum absolute atomic E-state index is 13.6. The minimum atomic E-state index is -0.997. The Hall–Kier alpha value is -5.23. The zero-order valence-corrected chi connectivity index (χ0v) is 21.5. The lowest BCUT2D eigenvalue weighted by Gasteiger charge is -2.14. The highest BCUT2D eigenvalue weighted by atomic mass is 19.1. The Labute approximate surface area is 230 Å². The van der Waals surface area contributed by atoms with Gasteiger partial charge in [-0.25, -0.2) is 9.18 Å². The molecule has 0 spiro atoms. The number of hydrogen-bond acceptors (Lipinski definition) is 2. The predicted octanol–water partition coefficient (Wildman–Crippen LogP) is 7.28. The van der Waals surface area contributed by atoms with Crippen molar-refractivity contribution in [2.45, 2.75) is 13.1 Å². The molecular formula is C34H25FN2O3. The third-order valence-corrected chi connectivity index (χ3v) is 7.10. The van der Waals surface area contributed by atoms with Gasteiger partial charge >= 0.3 is 5.97 Å². The first kappa shape index (κ1) is 25.1. The summed E-state index contributed by atoms with van der Waals surface area (Å²) in [6, 6.07) is 33.1. The molecule has 196 valence electrons. The van der Waals surface area contributed by atoms with Crippen LogP contribution in [-0.2, 0) is 13.1 Å². The molecule has 2 N–H and O–H groups in total. The molecule has 0 saturated carbocycles. The molecule has 1 heterocycles. The van der Waals surface area contributed by atoms with E-state index in [0.717, 1.165) is 38.5 Å². The highest BCUT2D eigenvalue weighted by Crippen LogP contribution is 2.30. The van der Waals surface area contributed by atoms with E-state index in [9.17, 15) is 14.0 Å². The van der Waals surface area contributed by atoms with Gasteiger partial charge in [0.05, 0.1) is 16.6 Å². The number of benzene rings is 5. The van der Waals surface area contributed by atoms with Gasteiger partial charge in [-0.05, 0) is 81.6 Å². The first-order valence-corrected chi connectivity index (χ1v) is 12.9. The summed E-state index contributed by atoms with van der Waals surface area (Å²) >= 11 is 0. The Morgan fingerprint density at radius 2 is 1.45 bits per heavy atom. The number of halogens is 1. The van der Waals surface area contributed by atoms with Crippen LogP contribution in [0.25, 0.3) is 32.8 Å². The molecule has 6 heteroatoms. The molecule has 5 nitrogen and oxygen atoms in total. The van der Waals surface area contributed by atoms with E-state index in [4.69, 9.17) is 5.11 Å². The predicted molar refractivity (Wildman–Crippen MR) is 155 cm³/mol. The van der Waals surface area contributed by atoms with Crippen molar-refractivity contribution in [2.24, 2.45) is 0 Å². The van der Waals surface area contributed by atoms with E-state index in [-0.39, 0.29) is 23.8 Å². The lowest BCUT2D eigenvalue weighted by atomic mass is 9.99. The van der Waals surface area contributed by atoms with Gasteiger partial charge in [-0.15, -0.1) is 0 Å². The molecular weight excluding hydrogens is 503 g/mol. The van der Waals surface area contributed by atoms with Crippen molar-refractivity contribution in [2.75, 3.05) is 0 Å². The molecule has 0 atom stereocenters. The van der Waals surface area contributed by atoms with E-state index in [1.54, 1.807) is 24.3 Å². The molecule has 1 amide bonds. The van der Waals surface area contributed by atoms with Crippen LogP contribution in [0.3, 0.4) is 0 Å². The van der Waals surface area contributed by atoms with Gasteiger partial charge in [0, 0.05) is 24.7 Å². The van der Waals surface area contributed by atoms with Gasteiger partial charge in [0.2, 0.25) is 0 Å². The highest BCUT2D eigenvalue weighted by Gasteiger charge is 2.17. The van der Waals surface area contributed by atoms with Crippen molar-refractivity contribution >= 4 is 33.6 Å². The number of amides is 1. The van der Waals surface area contributed by atoms with E-state index in [1.165, 1.54) is 29.7 Å². The second-order valence-electron chi connectivity index (χ2n) is 9.78. The molecule has 0 saturated heterocycles. The van der Waals surface area contributed by atoms with Crippen LogP contribution in [0.15, 0.2) is 115 Å². The molecule has 40 heavy (non-hydrogen) atoms. The van der Waals surface area contributed by atoms with E-state index in [2.05, 4.69) is 40.2 Å². The Morgan fingerprint density at radius 3 is 2.20 bits per heavy atom. The van der Waals surface area contributed by atoms with Crippen LogP contribution in [0, 0.1) is 5.82 Å². The summed E-state index contributed by atoms with van der Waals surface area (Å²) in [4.78, 5) is 24.8. The van der Waals surface area contributed by atoms with Crippen LogP contribution in [0.4, 0.5) is 4.39 Å². The maximum atomic E-state index is 13.6. The minimum Gasteiger partial charge on any atom is -0.478 e. The summed E-state index contributed by atoms with van der Waals surface area (Å²) in [7, 11) is 0. The van der Waals surface area contributed by atoms with Crippen molar-refractivity contribution in [1.29, 1.82) is 0 Å². The molecule has 5 aromatic carbocycles. The first-order chi connectivity index (χ1) is 19.4. The fourth-order valence-electron chi connectivity index (χ4n) is 5.04. The van der Waals surface area contributed by atoms with Gasteiger partial charge in [-0.2, -0.15) is 0 Å². The number of carbonyl (C=O) groups excluding carboxylic acids is 1. The number of hydrogen-bond donors (Lipinski definition) is 2. The van der Waals surface area contributed by atoms with Crippen LogP contribution < -0.4 is 5.32 Å². The number of nitrogens with zero attached hydrogens (tertiary/aromatic N) is 1. The van der Waals surface area contributed by atoms with Crippen LogP contribution in [0.1, 0.15) is 31.8 Å². The van der Waals surface area contributed by atoms with Crippen molar-refractivity contribution in [3.05, 3.63) is 143 Å². The number of rotatable bonds is 7. The average molecular weight is 529 g/mol. The quantitative estimate of drug-likeness (QED) is 0.229. The second kappa shape index (κ2) is 10.5.